The van der Waals surface area contributed by atoms with Gasteiger partial charge >= 0.3 is 0 Å². The molecule has 0 heterocycles. The minimum Gasteiger partial charge on any atom is -0.381 e. The van der Waals surface area contributed by atoms with Gasteiger partial charge in [-0.1, -0.05) is 30.7 Å². The van der Waals surface area contributed by atoms with E-state index in [1.54, 1.807) is 0 Å². The average Bonchev–Trinajstić information content (AvgIpc) is 2.13. The molecule has 0 saturated heterocycles. The molecular formula is C11H15ClO. The molecule has 0 amide bonds. The highest BCUT2D eigenvalue weighted by Crippen LogP contribution is 2.10. The molecule has 1 rings (SSSR count). The van der Waals surface area contributed by atoms with Gasteiger partial charge in [0, 0.05) is 11.6 Å². The summed E-state index contributed by atoms with van der Waals surface area (Å²) in [6.45, 7) is 3.74. The van der Waals surface area contributed by atoms with Gasteiger partial charge in [-0.15, -0.1) is 0 Å². The molecule has 1 nitrogen and oxygen atoms in total. The molecule has 0 saturated carbocycles. The highest BCUT2D eigenvalue weighted by molar-refractivity contribution is 6.30. The molecule has 0 N–H and O–H groups in total. The maximum absolute atomic E-state index is 5.84. The molecule has 0 aliphatic heterocycles. The Morgan fingerprint density at radius 1 is 1.31 bits per heavy atom. The van der Waals surface area contributed by atoms with E-state index in [0.717, 1.165) is 31.1 Å². The quantitative estimate of drug-likeness (QED) is 0.660. The molecule has 0 fully saturated rings. The van der Waals surface area contributed by atoms with Crippen LogP contribution < -0.4 is 0 Å². The minimum absolute atomic E-state index is 0.786. The number of benzene rings is 1. The van der Waals surface area contributed by atoms with E-state index >= 15 is 0 Å². The van der Waals surface area contributed by atoms with Gasteiger partial charge in [0.1, 0.15) is 0 Å². The lowest BCUT2D eigenvalue weighted by Crippen LogP contribution is -1.99. The highest BCUT2D eigenvalue weighted by atomic mass is 35.5. The van der Waals surface area contributed by atoms with E-state index in [9.17, 15) is 0 Å². The van der Waals surface area contributed by atoms with Crippen LogP contribution in [0.25, 0.3) is 0 Å². The maximum Gasteiger partial charge on any atom is 0.0506 e. The van der Waals surface area contributed by atoms with Crippen LogP contribution in [0.5, 0.6) is 0 Å². The fraction of sp³-hybridized carbons (Fsp3) is 0.455. The first-order valence-electron chi connectivity index (χ1n) is 4.65. The van der Waals surface area contributed by atoms with Crippen molar-refractivity contribution in [1.29, 1.82) is 0 Å². The van der Waals surface area contributed by atoms with Crippen LogP contribution in [-0.2, 0) is 11.2 Å². The molecule has 0 aliphatic carbocycles. The molecule has 0 spiro atoms. The summed E-state index contributed by atoms with van der Waals surface area (Å²) in [6.07, 6.45) is 2.02. The third-order valence-corrected chi connectivity index (χ3v) is 2.01. The van der Waals surface area contributed by atoms with E-state index in [1.165, 1.54) is 5.56 Å². The van der Waals surface area contributed by atoms with E-state index in [1.807, 2.05) is 18.2 Å². The smallest absolute Gasteiger partial charge is 0.0506 e. The van der Waals surface area contributed by atoms with Crippen molar-refractivity contribution in [2.75, 3.05) is 13.2 Å². The van der Waals surface area contributed by atoms with Gasteiger partial charge in [0.15, 0.2) is 0 Å². The van der Waals surface area contributed by atoms with Gasteiger partial charge in [-0.3, -0.25) is 0 Å². The Bertz CT molecular complexity index is 248. The van der Waals surface area contributed by atoms with E-state index in [0.29, 0.717) is 0 Å². The van der Waals surface area contributed by atoms with Crippen LogP contribution in [0.1, 0.15) is 18.9 Å². The number of ether oxygens (including phenoxy) is 1. The van der Waals surface area contributed by atoms with Crippen LogP contribution in [0.4, 0.5) is 0 Å². The van der Waals surface area contributed by atoms with Crippen molar-refractivity contribution >= 4 is 11.6 Å². The van der Waals surface area contributed by atoms with Crippen LogP contribution in [-0.4, -0.2) is 13.2 Å². The van der Waals surface area contributed by atoms with Crippen molar-refractivity contribution in [2.24, 2.45) is 0 Å². The standard InChI is InChI=1S/C11H15ClO/c1-2-7-13-8-6-10-4-3-5-11(12)9-10/h3-5,9H,2,6-8H2,1H3. The predicted octanol–water partition coefficient (Wildman–Crippen LogP) is 3.31. The summed E-state index contributed by atoms with van der Waals surface area (Å²) in [5.74, 6) is 0. The first kappa shape index (κ1) is 10.6. The van der Waals surface area contributed by atoms with Gasteiger partial charge in [0.05, 0.1) is 6.61 Å². The van der Waals surface area contributed by atoms with Crippen molar-refractivity contribution in [2.45, 2.75) is 19.8 Å². The van der Waals surface area contributed by atoms with Gasteiger partial charge in [0.25, 0.3) is 0 Å². The van der Waals surface area contributed by atoms with Crippen molar-refractivity contribution in [3.05, 3.63) is 34.9 Å². The van der Waals surface area contributed by atoms with Crippen molar-refractivity contribution < 1.29 is 4.74 Å². The largest absolute Gasteiger partial charge is 0.381 e. The lowest BCUT2D eigenvalue weighted by Gasteiger charge is -2.02. The van der Waals surface area contributed by atoms with Crippen LogP contribution in [0.3, 0.4) is 0 Å². The molecule has 1 aromatic rings. The second-order valence-electron chi connectivity index (χ2n) is 2.99. The lowest BCUT2D eigenvalue weighted by atomic mass is 10.2. The number of halogens is 1. The SMILES string of the molecule is CCCOCCc1cccc(Cl)c1. The molecule has 0 atom stereocenters. The third kappa shape index (κ3) is 4.30. The molecule has 0 bridgehead atoms. The Morgan fingerprint density at radius 3 is 2.85 bits per heavy atom. The summed E-state index contributed by atoms with van der Waals surface area (Å²) in [5.41, 5.74) is 1.24. The molecule has 0 aliphatic rings. The first-order valence-corrected chi connectivity index (χ1v) is 5.03. The van der Waals surface area contributed by atoms with Gasteiger partial charge in [0.2, 0.25) is 0 Å². The first-order chi connectivity index (χ1) is 6.33. The lowest BCUT2D eigenvalue weighted by molar-refractivity contribution is 0.138. The Hall–Kier alpha value is -0.530. The van der Waals surface area contributed by atoms with Crippen molar-refractivity contribution in [1.82, 2.24) is 0 Å². The van der Waals surface area contributed by atoms with Crippen LogP contribution in [0.2, 0.25) is 5.02 Å². The van der Waals surface area contributed by atoms with Gasteiger partial charge in [-0.05, 0) is 30.5 Å². The third-order valence-electron chi connectivity index (χ3n) is 1.77. The molecule has 0 radical (unpaired) electrons. The summed E-state index contributed by atoms with van der Waals surface area (Å²) in [4.78, 5) is 0. The molecule has 2 heteroatoms. The van der Waals surface area contributed by atoms with Crippen molar-refractivity contribution in [3.8, 4) is 0 Å². The molecule has 0 unspecified atom stereocenters. The minimum atomic E-state index is 0.786. The van der Waals surface area contributed by atoms with E-state index < -0.39 is 0 Å². The molecule has 0 aromatic heterocycles. The fourth-order valence-corrected chi connectivity index (χ4v) is 1.34. The number of rotatable bonds is 5. The zero-order valence-electron chi connectivity index (χ0n) is 7.92. The molecule has 1 aromatic carbocycles. The summed E-state index contributed by atoms with van der Waals surface area (Å²) < 4.78 is 5.38. The fourth-order valence-electron chi connectivity index (χ4n) is 1.13. The van der Waals surface area contributed by atoms with Crippen LogP contribution >= 0.6 is 11.6 Å². The van der Waals surface area contributed by atoms with Gasteiger partial charge in [-0.2, -0.15) is 0 Å². The zero-order valence-corrected chi connectivity index (χ0v) is 8.68. The summed E-state index contributed by atoms with van der Waals surface area (Å²) in [7, 11) is 0. The summed E-state index contributed by atoms with van der Waals surface area (Å²) in [5, 5.41) is 0.799. The Labute approximate surface area is 84.7 Å². The molecule has 13 heavy (non-hydrogen) atoms. The van der Waals surface area contributed by atoms with E-state index in [2.05, 4.69) is 13.0 Å². The second kappa shape index (κ2) is 6.01. The Kier molecular flexibility index (Phi) is 4.87. The molecule has 72 valence electrons. The monoisotopic (exact) mass is 198 g/mol. The maximum atomic E-state index is 5.84. The van der Waals surface area contributed by atoms with Crippen LogP contribution in [0, 0.1) is 0 Å². The summed E-state index contributed by atoms with van der Waals surface area (Å²) >= 11 is 5.84. The van der Waals surface area contributed by atoms with E-state index in [-0.39, 0.29) is 0 Å². The van der Waals surface area contributed by atoms with Crippen LogP contribution in [0.15, 0.2) is 24.3 Å². The number of hydrogen-bond acceptors (Lipinski definition) is 1. The normalized spacial score (nSPS) is 10.3. The van der Waals surface area contributed by atoms with Gasteiger partial charge < -0.3 is 4.74 Å². The van der Waals surface area contributed by atoms with Gasteiger partial charge in [-0.25, -0.2) is 0 Å². The highest BCUT2D eigenvalue weighted by Gasteiger charge is 1.93. The van der Waals surface area contributed by atoms with E-state index in [4.69, 9.17) is 16.3 Å². The number of hydrogen-bond donors (Lipinski definition) is 0. The Morgan fingerprint density at radius 2 is 2.15 bits per heavy atom. The molecular weight excluding hydrogens is 184 g/mol. The predicted molar refractivity (Wildman–Crippen MR) is 56.3 cm³/mol. The Balaban J connectivity index is 2.28. The second-order valence-corrected chi connectivity index (χ2v) is 3.43. The zero-order chi connectivity index (χ0) is 9.52. The summed E-state index contributed by atoms with van der Waals surface area (Å²) in [6, 6.07) is 7.91. The van der Waals surface area contributed by atoms with Crippen molar-refractivity contribution in [3.63, 3.8) is 0 Å². The topological polar surface area (TPSA) is 9.23 Å². The average molecular weight is 199 g/mol.